The number of nitro groups is 1. The van der Waals surface area contributed by atoms with Crippen LogP contribution in [0, 0.1) is 10.1 Å². The molecule has 0 radical (unpaired) electrons. The Balaban J connectivity index is 1.72. The third-order valence-corrected chi connectivity index (χ3v) is 4.16. The normalized spacial score (nSPS) is 12.5. The van der Waals surface area contributed by atoms with Crippen LogP contribution in [-0.4, -0.2) is 10.9 Å². The lowest BCUT2D eigenvalue weighted by Crippen LogP contribution is -2.23. The van der Waals surface area contributed by atoms with Crippen molar-refractivity contribution in [2.75, 3.05) is 0 Å². The summed E-state index contributed by atoms with van der Waals surface area (Å²) in [4.78, 5) is 23.3. The molecule has 3 aromatic rings. The zero-order valence-electron chi connectivity index (χ0n) is 13.5. The number of hydrogen-bond acceptors (Lipinski definition) is 5. The van der Waals surface area contributed by atoms with Gasteiger partial charge < -0.3 is 9.47 Å². The predicted octanol–water partition coefficient (Wildman–Crippen LogP) is 4.44. The highest BCUT2D eigenvalue weighted by molar-refractivity contribution is 5.87. The van der Waals surface area contributed by atoms with E-state index in [4.69, 9.17) is 9.47 Å². The second kappa shape index (κ2) is 6.33. The number of non-ortho nitro benzene ring substituents is 1. The lowest BCUT2D eigenvalue weighted by molar-refractivity contribution is -0.384. The first-order valence-electron chi connectivity index (χ1n) is 7.95. The Hall–Kier alpha value is -3.67. The number of esters is 1. The molecule has 4 rings (SSSR count). The fourth-order valence-corrected chi connectivity index (χ4v) is 3.00. The van der Waals surface area contributed by atoms with Gasteiger partial charge in [0.2, 0.25) is 0 Å². The lowest BCUT2D eigenvalue weighted by Gasteiger charge is -2.26. The number of fused-ring (bicyclic) bond motifs is 2. The van der Waals surface area contributed by atoms with Crippen LogP contribution in [-0.2, 0) is 4.79 Å². The Kier molecular flexibility index (Phi) is 3.85. The van der Waals surface area contributed by atoms with Crippen LogP contribution in [0.3, 0.4) is 0 Å². The average Bonchev–Trinajstić information content (AvgIpc) is 2.66. The molecule has 6 heteroatoms. The molecule has 6 nitrogen and oxygen atoms in total. The molecule has 1 aliphatic rings. The molecule has 0 spiro atoms. The Morgan fingerprint density at radius 3 is 2.15 bits per heavy atom. The van der Waals surface area contributed by atoms with Gasteiger partial charge in [-0.1, -0.05) is 42.5 Å². The van der Waals surface area contributed by atoms with Crippen LogP contribution >= 0.6 is 0 Å². The van der Waals surface area contributed by atoms with Gasteiger partial charge in [0, 0.05) is 17.2 Å². The number of benzene rings is 3. The van der Waals surface area contributed by atoms with Crippen LogP contribution in [0.4, 0.5) is 5.69 Å². The van der Waals surface area contributed by atoms with Gasteiger partial charge in [-0.25, -0.2) is 0 Å². The van der Waals surface area contributed by atoms with Gasteiger partial charge >= 0.3 is 5.97 Å². The second-order valence-electron chi connectivity index (χ2n) is 5.79. The first kappa shape index (κ1) is 15.8. The van der Waals surface area contributed by atoms with E-state index in [1.54, 1.807) is 12.1 Å². The zero-order valence-corrected chi connectivity index (χ0v) is 13.5. The summed E-state index contributed by atoms with van der Waals surface area (Å²) in [6, 6.07) is 20.1. The maximum absolute atomic E-state index is 12.9. The number of rotatable bonds is 3. The second-order valence-corrected chi connectivity index (χ2v) is 5.79. The van der Waals surface area contributed by atoms with Crippen LogP contribution in [0.5, 0.6) is 17.2 Å². The maximum Gasteiger partial charge on any atom is 0.323 e. The molecule has 128 valence electrons. The molecule has 0 atom stereocenters. The lowest BCUT2D eigenvalue weighted by atomic mass is 9.88. The minimum absolute atomic E-state index is 0.130. The van der Waals surface area contributed by atoms with Crippen LogP contribution in [0.1, 0.15) is 17.0 Å². The minimum Gasteiger partial charge on any atom is -0.457 e. The molecule has 0 fully saturated rings. The van der Waals surface area contributed by atoms with E-state index in [-0.39, 0.29) is 11.4 Å². The van der Waals surface area contributed by atoms with Crippen LogP contribution in [0.25, 0.3) is 0 Å². The van der Waals surface area contributed by atoms with Gasteiger partial charge in [0.1, 0.15) is 23.2 Å². The summed E-state index contributed by atoms with van der Waals surface area (Å²) in [6.45, 7) is 0. The molecule has 0 saturated heterocycles. The van der Waals surface area contributed by atoms with E-state index in [1.165, 1.54) is 24.3 Å². The highest BCUT2D eigenvalue weighted by Crippen LogP contribution is 2.44. The van der Waals surface area contributed by atoms with E-state index >= 15 is 0 Å². The Morgan fingerprint density at radius 1 is 0.923 bits per heavy atom. The molecule has 0 saturated carbocycles. The largest absolute Gasteiger partial charge is 0.457 e. The number of nitro benzene ring substituents is 1. The van der Waals surface area contributed by atoms with E-state index in [0.29, 0.717) is 22.6 Å². The standard InChI is InChI=1S/C20H13NO5/c22-20(25-14-7-5-6-13(12-14)21(23)24)19-15-8-1-3-10-17(15)26-18-11-4-2-9-16(18)19/h1-12,19H. The van der Waals surface area contributed by atoms with Gasteiger partial charge in [0.25, 0.3) is 5.69 Å². The number of ether oxygens (including phenoxy) is 2. The van der Waals surface area contributed by atoms with Gasteiger partial charge in [0.05, 0.1) is 11.0 Å². The molecule has 1 heterocycles. The molecule has 0 amide bonds. The first-order valence-corrected chi connectivity index (χ1v) is 7.95. The van der Waals surface area contributed by atoms with Crippen LogP contribution < -0.4 is 9.47 Å². The Morgan fingerprint density at radius 2 is 1.54 bits per heavy atom. The van der Waals surface area contributed by atoms with Gasteiger partial charge in [-0.05, 0) is 18.2 Å². The molecule has 0 unspecified atom stereocenters. The smallest absolute Gasteiger partial charge is 0.323 e. The van der Waals surface area contributed by atoms with E-state index in [9.17, 15) is 14.9 Å². The van der Waals surface area contributed by atoms with Gasteiger partial charge in [-0.2, -0.15) is 0 Å². The predicted molar refractivity (Wildman–Crippen MR) is 93.5 cm³/mol. The summed E-state index contributed by atoms with van der Waals surface area (Å²) in [5.41, 5.74) is 1.26. The zero-order chi connectivity index (χ0) is 18.1. The summed E-state index contributed by atoms with van der Waals surface area (Å²) in [7, 11) is 0. The van der Waals surface area contributed by atoms with E-state index in [0.717, 1.165) is 0 Å². The summed E-state index contributed by atoms with van der Waals surface area (Å²) in [5.74, 6) is 0.120. The molecule has 0 N–H and O–H groups in total. The van der Waals surface area contributed by atoms with E-state index in [2.05, 4.69) is 0 Å². The van der Waals surface area contributed by atoms with E-state index in [1.807, 2.05) is 36.4 Å². The highest BCUT2D eigenvalue weighted by Gasteiger charge is 2.34. The number of hydrogen-bond donors (Lipinski definition) is 0. The van der Waals surface area contributed by atoms with Crippen molar-refractivity contribution in [2.45, 2.75) is 5.92 Å². The minimum atomic E-state index is -0.671. The number of nitrogens with zero attached hydrogens (tertiary/aromatic N) is 1. The fourth-order valence-electron chi connectivity index (χ4n) is 3.00. The topological polar surface area (TPSA) is 78.7 Å². The highest BCUT2D eigenvalue weighted by atomic mass is 16.6. The van der Waals surface area contributed by atoms with Crippen LogP contribution in [0.2, 0.25) is 0 Å². The molecule has 26 heavy (non-hydrogen) atoms. The van der Waals surface area contributed by atoms with Gasteiger partial charge in [-0.15, -0.1) is 0 Å². The molecular weight excluding hydrogens is 334 g/mol. The van der Waals surface area contributed by atoms with Crippen molar-refractivity contribution in [3.63, 3.8) is 0 Å². The van der Waals surface area contributed by atoms with Crippen LogP contribution in [0.15, 0.2) is 72.8 Å². The van der Waals surface area contributed by atoms with Crippen molar-refractivity contribution in [3.8, 4) is 17.2 Å². The third-order valence-electron chi connectivity index (χ3n) is 4.16. The number of carbonyl (C=O) groups is 1. The molecule has 1 aliphatic heterocycles. The average molecular weight is 347 g/mol. The Bertz CT molecular complexity index is 969. The van der Waals surface area contributed by atoms with Crippen molar-refractivity contribution < 1.29 is 19.2 Å². The number of para-hydroxylation sites is 2. The van der Waals surface area contributed by atoms with E-state index < -0.39 is 16.8 Å². The summed E-state index contributed by atoms with van der Waals surface area (Å²) in [5, 5.41) is 10.9. The summed E-state index contributed by atoms with van der Waals surface area (Å²) in [6.07, 6.45) is 0. The number of carbonyl (C=O) groups excluding carboxylic acids is 1. The fraction of sp³-hybridized carbons (Fsp3) is 0.0500. The monoisotopic (exact) mass is 347 g/mol. The molecule has 0 aromatic heterocycles. The van der Waals surface area contributed by atoms with Gasteiger partial charge in [-0.3, -0.25) is 14.9 Å². The van der Waals surface area contributed by atoms with Gasteiger partial charge in [0.15, 0.2) is 0 Å². The summed E-state index contributed by atoms with van der Waals surface area (Å²) < 4.78 is 11.3. The van der Waals surface area contributed by atoms with Crippen molar-refractivity contribution in [1.29, 1.82) is 0 Å². The van der Waals surface area contributed by atoms with Crippen molar-refractivity contribution >= 4 is 11.7 Å². The third kappa shape index (κ3) is 2.77. The summed E-state index contributed by atoms with van der Waals surface area (Å²) >= 11 is 0. The molecular formula is C20H13NO5. The van der Waals surface area contributed by atoms with Crippen molar-refractivity contribution in [2.24, 2.45) is 0 Å². The first-order chi connectivity index (χ1) is 12.6. The maximum atomic E-state index is 12.9. The quantitative estimate of drug-likeness (QED) is 0.303. The molecule has 3 aromatic carbocycles. The van der Waals surface area contributed by atoms with Crippen molar-refractivity contribution in [1.82, 2.24) is 0 Å². The SMILES string of the molecule is O=C(Oc1cccc([N+](=O)[O-])c1)C1c2ccccc2Oc2ccccc21. The molecule has 0 aliphatic carbocycles. The Labute approximate surface area is 148 Å². The van der Waals surface area contributed by atoms with Crippen molar-refractivity contribution in [3.05, 3.63) is 94.0 Å². The molecule has 0 bridgehead atoms.